The highest BCUT2D eigenvalue weighted by atomic mass is 35.5. The number of ether oxygens (including phenoxy) is 1. The van der Waals surface area contributed by atoms with Gasteiger partial charge in [-0.05, 0) is 44.7 Å². The lowest BCUT2D eigenvalue weighted by molar-refractivity contribution is 0.107. The van der Waals surface area contributed by atoms with Gasteiger partial charge in [0.1, 0.15) is 0 Å². The first kappa shape index (κ1) is 15.3. The van der Waals surface area contributed by atoms with E-state index in [1.54, 1.807) is 0 Å². The third-order valence-electron chi connectivity index (χ3n) is 3.42. The van der Waals surface area contributed by atoms with Crippen molar-refractivity contribution in [1.82, 2.24) is 15.0 Å². The lowest BCUT2D eigenvalue weighted by Gasteiger charge is -2.19. The molecular weight excluding hydrogens is 278 g/mol. The van der Waals surface area contributed by atoms with Gasteiger partial charge in [0.2, 0.25) is 17.2 Å². The van der Waals surface area contributed by atoms with Gasteiger partial charge < -0.3 is 15.0 Å². The molecule has 2 heterocycles. The fraction of sp³-hybridized carbons (Fsp3) is 0.769. The maximum absolute atomic E-state index is 5.96. The summed E-state index contributed by atoms with van der Waals surface area (Å²) in [7, 11) is 0. The van der Waals surface area contributed by atoms with Crippen LogP contribution in [0.5, 0.6) is 0 Å². The van der Waals surface area contributed by atoms with E-state index in [1.807, 2.05) is 4.90 Å². The quantitative estimate of drug-likeness (QED) is 0.834. The summed E-state index contributed by atoms with van der Waals surface area (Å²) in [4.78, 5) is 14.7. The molecule has 0 aromatic carbocycles. The molecule has 1 N–H and O–H groups in total. The second kappa shape index (κ2) is 7.59. The Bertz CT molecular complexity index is 421. The molecule has 1 saturated heterocycles. The maximum Gasteiger partial charge on any atom is 0.231 e. The van der Waals surface area contributed by atoms with Gasteiger partial charge in [0.15, 0.2) is 0 Å². The van der Waals surface area contributed by atoms with Crippen LogP contribution < -0.4 is 10.2 Å². The van der Waals surface area contributed by atoms with Gasteiger partial charge in [-0.3, -0.25) is 0 Å². The van der Waals surface area contributed by atoms with Gasteiger partial charge in [-0.25, -0.2) is 0 Å². The molecule has 1 atom stereocenters. The molecule has 7 heteroatoms. The van der Waals surface area contributed by atoms with Gasteiger partial charge in [-0.1, -0.05) is 0 Å². The summed E-state index contributed by atoms with van der Waals surface area (Å²) < 4.78 is 5.58. The Labute approximate surface area is 124 Å². The Morgan fingerprint density at radius 1 is 1.30 bits per heavy atom. The van der Waals surface area contributed by atoms with Crippen molar-refractivity contribution in [2.75, 3.05) is 36.5 Å². The smallest absolute Gasteiger partial charge is 0.231 e. The summed E-state index contributed by atoms with van der Waals surface area (Å²) in [6.45, 7) is 7.47. The van der Waals surface area contributed by atoms with Crippen molar-refractivity contribution in [3.63, 3.8) is 0 Å². The van der Waals surface area contributed by atoms with Crippen LogP contribution in [0.2, 0.25) is 5.28 Å². The van der Waals surface area contributed by atoms with Crippen LogP contribution in [-0.2, 0) is 4.74 Å². The van der Waals surface area contributed by atoms with Gasteiger partial charge in [0.05, 0.1) is 6.10 Å². The van der Waals surface area contributed by atoms with Gasteiger partial charge in [0.25, 0.3) is 0 Å². The third kappa shape index (κ3) is 4.18. The number of aromatic nitrogens is 3. The first-order chi connectivity index (χ1) is 9.72. The van der Waals surface area contributed by atoms with Crippen LogP contribution in [-0.4, -0.2) is 47.3 Å². The van der Waals surface area contributed by atoms with Crippen molar-refractivity contribution < 1.29 is 4.74 Å². The molecule has 6 nitrogen and oxygen atoms in total. The summed E-state index contributed by atoms with van der Waals surface area (Å²) >= 11 is 5.96. The van der Waals surface area contributed by atoms with Gasteiger partial charge in [-0.15, -0.1) is 0 Å². The van der Waals surface area contributed by atoms with Crippen molar-refractivity contribution in [2.24, 2.45) is 0 Å². The topological polar surface area (TPSA) is 63.2 Å². The summed E-state index contributed by atoms with van der Waals surface area (Å²) in [5, 5.41) is 3.43. The normalized spacial score (nSPS) is 18.2. The highest BCUT2D eigenvalue weighted by Gasteiger charge is 2.15. The highest BCUT2D eigenvalue weighted by molar-refractivity contribution is 6.28. The average Bonchev–Trinajstić information content (AvgIpc) is 2.93. The van der Waals surface area contributed by atoms with Gasteiger partial charge in [0, 0.05) is 26.2 Å². The van der Waals surface area contributed by atoms with E-state index in [0.717, 1.165) is 45.5 Å². The Kier molecular flexibility index (Phi) is 5.79. The number of hydrogen-bond acceptors (Lipinski definition) is 6. The zero-order valence-corrected chi connectivity index (χ0v) is 12.9. The first-order valence-corrected chi connectivity index (χ1v) is 7.62. The molecule has 1 fully saturated rings. The summed E-state index contributed by atoms with van der Waals surface area (Å²) in [6, 6.07) is 0. The SMILES string of the molecule is CCN(CC)c1nc(Cl)nc(NCCC2CCCO2)n1. The van der Waals surface area contributed by atoms with Crippen molar-refractivity contribution in [2.45, 2.75) is 39.2 Å². The van der Waals surface area contributed by atoms with Crippen LogP contribution in [0.25, 0.3) is 0 Å². The lowest BCUT2D eigenvalue weighted by atomic mass is 10.2. The second-order valence-corrected chi connectivity index (χ2v) is 5.09. The average molecular weight is 300 g/mol. The third-order valence-corrected chi connectivity index (χ3v) is 3.59. The van der Waals surface area contributed by atoms with Crippen molar-refractivity contribution in [3.05, 3.63) is 5.28 Å². The predicted octanol–water partition coefficient (Wildman–Crippen LogP) is 2.35. The van der Waals surface area contributed by atoms with Crippen LogP contribution in [0.3, 0.4) is 0 Å². The summed E-state index contributed by atoms with van der Waals surface area (Å²) in [5.41, 5.74) is 0. The molecule has 1 unspecified atom stereocenters. The molecule has 1 aromatic rings. The standard InChI is InChI=1S/C13H22ClN5O/c1-3-19(4-2)13-17-11(14)16-12(18-13)15-8-7-10-6-5-9-20-10/h10H,3-9H2,1-2H3,(H,15,16,17,18). The van der Waals surface area contributed by atoms with Crippen LogP contribution in [0.15, 0.2) is 0 Å². The highest BCUT2D eigenvalue weighted by Crippen LogP contribution is 2.16. The van der Waals surface area contributed by atoms with Gasteiger partial charge in [-0.2, -0.15) is 15.0 Å². The van der Waals surface area contributed by atoms with Crippen molar-refractivity contribution in [1.29, 1.82) is 0 Å². The molecule has 0 saturated carbocycles. The zero-order chi connectivity index (χ0) is 14.4. The molecule has 0 aliphatic carbocycles. The molecule has 1 aromatic heterocycles. The molecule has 0 spiro atoms. The van der Waals surface area contributed by atoms with E-state index in [4.69, 9.17) is 16.3 Å². The predicted molar refractivity (Wildman–Crippen MR) is 80.5 cm³/mol. The van der Waals surface area contributed by atoms with E-state index in [-0.39, 0.29) is 5.28 Å². The fourth-order valence-electron chi connectivity index (χ4n) is 2.28. The Morgan fingerprint density at radius 3 is 2.75 bits per heavy atom. The number of hydrogen-bond donors (Lipinski definition) is 1. The van der Waals surface area contributed by atoms with Crippen molar-refractivity contribution >= 4 is 23.5 Å². The molecule has 112 valence electrons. The van der Waals surface area contributed by atoms with E-state index in [1.165, 1.54) is 0 Å². The first-order valence-electron chi connectivity index (χ1n) is 7.25. The van der Waals surface area contributed by atoms with Crippen LogP contribution in [0.1, 0.15) is 33.1 Å². The molecule has 1 aliphatic rings. The van der Waals surface area contributed by atoms with Crippen molar-refractivity contribution in [3.8, 4) is 0 Å². The number of anilines is 2. The summed E-state index contributed by atoms with van der Waals surface area (Å²) in [6.07, 6.45) is 3.63. The van der Waals surface area contributed by atoms with Crippen LogP contribution in [0, 0.1) is 0 Å². The number of nitrogens with zero attached hydrogens (tertiary/aromatic N) is 4. The molecule has 20 heavy (non-hydrogen) atoms. The molecule has 0 bridgehead atoms. The monoisotopic (exact) mass is 299 g/mol. The van der Waals surface area contributed by atoms with Crippen LogP contribution in [0.4, 0.5) is 11.9 Å². The molecular formula is C13H22ClN5O. The molecule has 0 radical (unpaired) electrons. The maximum atomic E-state index is 5.96. The number of nitrogens with one attached hydrogen (secondary N) is 1. The minimum atomic E-state index is 0.224. The largest absolute Gasteiger partial charge is 0.378 e. The Hall–Kier alpha value is -1.14. The zero-order valence-electron chi connectivity index (χ0n) is 12.1. The second-order valence-electron chi connectivity index (χ2n) is 4.75. The summed E-state index contributed by atoms with van der Waals surface area (Å²) in [5.74, 6) is 1.15. The van der Waals surface area contributed by atoms with E-state index in [2.05, 4.69) is 34.1 Å². The Morgan fingerprint density at radius 2 is 2.10 bits per heavy atom. The van der Waals surface area contributed by atoms with E-state index >= 15 is 0 Å². The van der Waals surface area contributed by atoms with E-state index < -0.39 is 0 Å². The number of rotatable bonds is 7. The minimum Gasteiger partial charge on any atom is -0.378 e. The minimum absolute atomic E-state index is 0.224. The van der Waals surface area contributed by atoms with Crippen LogP contribution >= 0.6 is 11.6 Å². The van der Waals surface area contributed by atoms with E-state index in [0.29, 0.717) is 18.0 Å². The number of halogens is 1. The molecule has 1 aliphatic heterocycles. The molecule has 2 rings (SSSR count). The molecule has 0 amide bonds. The Balaban J connectivity index is 1.92. The van der Waals surface area contributed by atoms with Gasteiger partial charge >= 0.3 is 0 Å². The lowest BCUT2D eigenvalue weighted by Crippen LogP contribution is -2.25. The van der Waals surface area contributed by atoms with E-state index in [9.17, 15) is 0 Å². The fourth-order valence-corrected chi connectivity index (χ4v) is 2.44.